The van der Waals surface area contributed by atoms with Crippen molar-refractivity contribution in [1.29, 1.82) is 0 Å². The fraction of sp³-hybridized carbons (Fsp3) is 0.588. The molecule has 0 radical (unpaired) electrons. The summed E-state index contributed by atoms with van der Waals surface area (Å²) in [5.41, 5.74) is 0. The highest BCUT2D eigenvalue weighted by atomic mass is 19.1. The molecule has 1 aromatic carbocycles. The molecule has 1 amide bonds. The van der Waals surface area contributed by atoms with Crippen LogP contribution in [0.4, 0.5) is 4.39 Å². The Hall–Kier alpha value is -1.62. The quantitative estimate of drug-likeness (QED) is 0.849. The average Bonchev–Trinajstić information content (AvgIpc) is 2.78. The van der Waals surface area contributed by atoms with E-state index in [1.54, 1.807) is 18.2 Å². The predicted octanol–water partition coefficient (Wildman–Crippen LogP) is 2.34. The summed E-state index contributed by atoms with van der Waals surface area (Å²) in [5, 5.41) is 3.40. The molecule has 1 aromatic rings. The molecule has 2 unspecified atom stereocenters. The van der Waals surface area contributed by atoms with Crippen LogP contribution in [-0.2, 0) is 4.79 Å². The second-order valence-corrected chi connectivity index (χ2v) is 6.06. The third-order valence-corrected chi connectivity index (χ3v) is 4.57. The van der Waals surface area contributed by atoms with Crippen molar-refractivity contribution in [3.05, 3.63) is 30.1 Å². The molecule has 22 heavy (non-hydrogen) atoms. The molecule has 0 saturated carbocycles. The first-order valence-corrected chi connectivity index (χ1v) is 8.15. The number of fused-ring (bicyclic) bond motifs is 2. The third kappa shape index (κ3) is 3.40. The molecule has 1 N–H and O–H groups in total. The highest BCUT2D eigenvalue weighted by Gasteiger charge is 2.37. The number of carbonyl (C=O) groups excluding carboxylic acids is 1. The van der Waals surface area contributed by atoms with E-state index in [2.05, 4.69) is 10.2 Å². The topological polar surface area (TPSA) is 41.6 Å². The third-order valence-electron chi connectivity index (χ3n) is 4.57. The minimum absolute atomic E-state index is 0.216. The van der Waals surface area contributed by atoms with Gasteiger partial charge in [-0.25, -0.2) is 4.39 Å². The maximum absolute atomic E-state index is 13.4. The van der Waals surface area contributed by atoms with Crippen molar-refractivity contribution in [3.8, 4) is 5.75 Å². The first-order chi connectivity index (χ1) is 10.8. The molecule has 4 nitrogen and oxygen atoms in total. The van der Waals surface area contributed by atoms with Crippen LogP contribution >= 0.6 is 0 Å². The van der Waals surface area contributed by atoms with Crippen molar-refractivity contribution in [3.63, 3.8) is 0 Å². The number of halogens is 1. The summed E-state index contributed by atoms with van der Waals surface area (Å²) in [6.07, 6.45) is 4.38. The zero-order chi connectivity index (χ0) is 15.4. The molecule has 2 atom stereocenters. The Morgan fingerprint density at radius 1 is 1.27 bits per heavy atom. The van der Waals surface area contributed by atoms with E-state index in [0.717, 1.165) is 32.4 Å². The van der Waals surface area contributed by atoms with Gasteiger partial charge in [-0.2, -0.15) is 0 Å². The minimum Gasteiger partial charge on any atom is -0.491 e. The highest BCUT2D eigenvalue weighted by molar-refractivity contribution is 5.77. The summed E-state index contributed by atoms with van der Waals surface area (Å²) in [6, 6.07) is 7.12. The molecule has 2 bridgehead atoms. The van der Waals surface area contributed by atoms with Crippen molar-refractivity contribution in [2.75, 3.05) is 19.7 Å². The van der Waals surface area contributed by atoms with Gasteiger partial charge < -0.3 is 15.0 Å². The van der Waals surface area contributed by atoms with Gasteiger partial charge in [0.05, 0.1) is 6.61 Å². The standard InChI is InChI=1S/C17H23FN2O2/c18-15-4-1-2-5-16(15)22-11-3-6-17(21)20-13-7-8-14(20)12-19-10-9-13/h1-2,4-5,13-14,19H,3,6-12H2. The van der Waals surface area contributed by atoms with Gasteiger partial charge in [0.1, 0.15) is 0 Å². The SMILES string of the molecule is O=C(CCCOc1ccccc1F)N1C2CCNCC1CC2. The zero-order valence-corrected chi connectivity index (χ0v) is 12.8. The average molecular weight is 306 g/mol. The molecule has 0 spiro atoms. The van der Waals surface area contributed by atoms with Crippen molar-refractivity contribution in [2.45, 2.75) is 44.2 Å². The molecule has 2 heterocycles. The fourth-order valence-corrected chi connectivity index (χ4v) is 3.49. The van der Waals surface area contributed by atoms with E-state index in [1.165, 1.54) is 6.07 Å². The van der Waals surface area contributed by atoms with E-state index < -0.39 is 0 Å². The van der Waals surface area contributed by atoms with Crippen LogP contribution in [0.1, 0.15) is 32.1 Å². The van der Waals surface area contributed by atoms with Crippen LogP contribution in [0.25, 0.3) is 0 Å². The molecule has 2 saturated heterocycles. The molecule has 5 heteroatoms. The van der Waals surface area contributed by atoms with Gasteiger partial charge in [-0.1, -0.05) is 12.1 Å². The largest absolute Gasteiger partial charge is 0.491 e. The van der Waals surface area contributed by atoms with E-state index in [9.17, 15) is 9.18 Å². The zero-order valence-electron chi connectivity index (χ0n) is 12.8. The minimum atomic E-state index is -0.356. The number of nitrogens with zero attached hydrogens (tertiary/aromatic N) is 1. The van der Waals surface area contributed by atoms with Crippen molar-refractivity contribution >= 4 is 5.91 Å². The summed E-state index contributed by atoms with van der Waals surface area (Å²) in [4.78, 5) is 14.5. The Morgan fingerprint density at radius 2 is 2.09 bits per heavy atom. The van der Waals surface area contributed by atoms with Crippen LogP contribution in [-0.4, -0.2) is 42.6 Å². The van der Waals surface area contributed by atoms with Gasteiger partial charge in [0.25, 0.3) is 0 Å². The normalized spacial score (nSPS) is 24.1. The lowest BCUT2D eigenvalue weighted by molar-refractivity contribution is -0.134. The number of para-hydroxylation sites is 1. The first-order valence-electron chi connectivity index (χ1n) is 8.15. The molecule has 2 fully saturated rings. The van der Waals surface area contributed by atoms with E-state index in [4.69, 9.17) is 4.74 Å². The Labute approximate surface area is 130 Å². The summed E-state index contributed by atoms with van der Waals surface area (Å²) in [6.45, 7) is 2.28. The van der Waals surface area contributed by atoms with E-state index in [0.29, 0.717) is 31.5 Å². The highest BCUT2D eigenvalue weighted by Crippen LogP contribution is 2.28. The molecule has 2 aliphatic heterocycles. The van der Waals surface area contributed by atoms with Crippen molar-refractivity contribution < 1.29 is 13.9 Å². The molecule has 3 rings (SSSR count). The van der Waals surface area contributed by atoms with E-state index >= 15 is 0 Å². The van der Waals surface area contributed by atoms with Crippen LogP contribution in [0, 0.1) is 5.82 Å². The first kappa shape index (κ1) is 15.3. The summed E-state index contributed by atoms with van der Waals surface area (Å²) >= 11 is 0. The lowest BCUT2D eigenvalue weighted by atomic mass is 10.1. The number of hydrogen-bond acceptors (Lipinski definition) is 3. The fourth-order valence-electron chi connectivity index (χ4n) is 3.49. The van der Waals surface area contributed by atoms with Gasteiger partial charge in [-0.3, -0.25) is 4.79 Å². The van der Waals surface area contributed by atoms with Crippen LogP contribution in [0.3, 0.4) is 0 Å². The number of rotatable bonds is 5. The van der Waals surface area contributed by atoms with Crippen LogP contribution in [0.15, 0.2) is 24.3 Å². The van der Waals surface area contributed by atoms with E-state index in [1.807, 2.05) is 0 Å². The molecule has 0 aromatic heterocycles. The maximum Gasteiger partial charge on any atom is 0.223 e. The molecule has 120 valence electrons. The Balaban J connectivity index is 1.45. The summed E-state index contributed by atoms with van der Waals surface area (Å²) < 4.78 is 18.8. The molecule has 0 aliphatic carbocycles. The van der Waals surface area contributed by atoms with Crippen LogP contribution in [0.5, 0.6) is 5.75 Å². The number of nitrogens with one attached hydrogen (secondary N) is 1. The number of benzene rings is 1. The van der Waals surface area contributed by atoms with Gasteiger partial charge in [-0.15, -0.1) is 0 Å². The van der Waals surface area contributed by atoms with Gasteiger partial charge >= 0.3 is 0 Å². The second kappa shape index (κ2) is 7.09. The van der Waals surface area contributed by atoms with Gasteiger partial charge in [0.2, 0.25) is 5.91 Å². The Kier molecular flexibility index (Phi) is 4.93. The van der Waals surface area contributed by atoms with Gasteiger partial charge in [-0.05, 0) is 44.4 Å². The van der Waals surface area contributed by atoms with Gasteiger partial charge in [0.15, 0.2) is 11.6 Å². The smallest absolute Gasteiger partial charge is 0.223 e. The second-order valence-electron chi connectivity index (χ2n) is 6.06. The maximum atomic E-state index is 13.4. The summed E-state index contributed by atoms with van der Waals surface area (Å²) in [7, 11) is 0. The number of hydrogen-bond donors (Lipinski definition) is 1. The van der Waals surface area contributed by atoms with Crippen LogP contribution < -0.4 is 10.1 Å². The van der Waals surface area contributed by atoms with Crippen LogP contribution in [0.2, 0.25) is 0 Å². The number of carbonyl (C=O) groups is 1. The summed E-state index contributed by atoms with van der Waals surface area (Å²) in [5.74, 6) is 0.118. The van der Waals surface area contributed by atoms with Crippen molar-refractivity contribution in [1.82, 2.24) is 10.2 Å². The molecule has 2 aliphatic rings. The lowest BCUT2D eigenvalue weighted by Gasteiger charge is -2.28. The molecular formula is C17H23FN2O2. The number of amides is 1. The van der Waals surface area contributed by atoms with E-state index in [-0.39, 0.29) is 17.5 Å². The Morgan fingerprint density at radius 3 is 2.95 bits per heavy atom. The van der Waals surface area contributed by atoms with Crippen molar-refractivity contribution in [2.24, 2.45) is 0 Å². The number of ether oxygens (including phenoxy) is 1. The monoisotopic (exact) mass is 306 g/mol. The Bertz CT molecular complexity index is 509. The van der Waals surface area contributed by atoms with Gasteiger partial charge in [0, 0.05) is 25.0 Å². The lowest BCUT2D eigenvalue weighted by Crippen LogP contribution is -2.42. The molecular weight excluding hydrogens is 283 g/mol. The predicted molar refractivity (Wildman–Crippen MR) is 82.3 cm³/mol.